The number of benzene rings is 3. The normalized spacial score (nSPS) is 14.3. The summed E-state index contributed by atoms with van der Waals surface area (Å²) < 4.78 is 0.874. The van der Waals surface area contributed by atoms with Gasteiger partial charge in [0.05, 0.1) is 17.1 Å². The Morgan fingerprint density at radius 1 is 0.958 bits per heavy atom. The van der Waals surface area contributed by atoms with Crippen LogP contribution in [-0.2, 0) is 9.59 Å². The molecule has 5 heteroatoms. The summed E-state index contributed by atoms with van der Waals surface area (Å²) in [6.07, 6.45) is -0.185. The van der Waals surface area contributed by atoms with Crippen LogP contribution in [0.2, 0.25) is 0 Å². The van der Waals surface area contributed by atoms with E-state index in [9.17, 15) is 9.59 Å². The minimum atomic E-state index is -0.296. The number of amides is 2. The molecule has 0 aromatic heterocycles. The molecule has 1 heterocycles. The predicted molar refractivity (Wildman–Crippen MR) is 98.5 cm³/mol. The van der Waals surface area contributed by atoms with Gasteiger partial charge in [-0.05, 0) is 29.7 Å². The third kappa shape index (κ3) is 2.47. The van der Waals surface area contributed by atoms with Gasteiger partial charge in [-0.25, -0.2) is 0 Å². The average Bonchev–Trinajstić information content (AvgIpc) is 2.69. The fraction of sp³-hybridized carbons (Fsp3) is 0.0526. The summed E-state index contributed by atoms with van der Waals surface area (Å²) in [6, 6.07) is 19.1. The van der Waals surface area contributed by atoms with E-state index in [1.165, 1.54) is 0 Å². The van der Waals surface area contributed by atoms with Crippen molar-refractivity contribution in [3.8, 4) is 0 Å². The van der Waals surface area contributed by atoms with Gasteiger partial charge in [0.25, 0.3) is 0 Å². The van der Waals surface area contributed by atoms with Crippen molar-refractivity contribution in [2.75, 3.05) is 10.2 Å². The van der Waals surface area contributed by atoms with E-state index >= 15 is 0 Å². The quantitative estimate of drug-likeness (QED) is 0.626. The molecule has 4 rings (SSSR count). The third-order valence-corrected chi connectivity index (χ3v) is 4.53. The molecule has 0 saturated carbocycles. The number of hydrogen-bond acceptors (Lipinski definition) is 2. The van der Waals surface area contributed by atoms with Crippen LogP contribution in [0.25, 0.3) is 10.8 Å². The summed E-state index contributed by atoms with van der Waals surface area (Å²) in [7, 11) is 0. The van der Waals surface area contributed by atoms with Crippen molar-refractivity contribution in [2.24, 2.45) is 0 Å². The number of anilines is 3. The van der Waals surface area contributed by atoms with E-state index in [4.69, 9.17) is 0 Å². The average molecular weight is 381 g/mol. The Morgan fingerprint density at radius 2 is 1.79 bits per heavy atom. The van der Waals surface area contributed by atoms with Crippen LogP contribution >= 0.6 is 15.9 Å². The van der Waals surface area contributed by atoms with Gasteiger partial charge >= 0.3 is 0 Å². The van der Waals surface area contributed by atoms with Gasteiger partial charge in [0.15, 0.2) is 0 Å². The first-order chi connectivity index (χ1) is 11.6. The van der Waals surface area contributed by atoms with Gasteiger partial charge in [-0.3, -0.25) is 14.5 Å². The molecule has 0 aliphatic carbocycles. The highest BCUT2D eigenvalue weighted by molar-refractivity contribution is 9.10. The molecule has 0 atom stereocenters. The van der Waals surface area contributed by atoms with Gasteiger partial charge in [0.2, 0.25) is 11.8 Å². The van der Waals surface area contributed by atoms with E-state index in [0.717, 1.165) is 20.9 Å². The van der Waals surface area contributed by atoms with Crippen molar-refractivity contribution in [1.82, 2.24) is 0 Å². The molecule has 0 unspecified atom stereocenters. The van der Waals surface area contributed by atoms with Gasteiger partial charge in [0.1, 0.15) is 6.42 Å². The largest absolute Gasteiger partial charge is 0.323 e. The van der Waals surface area contributed by atoms with Gasteiger partial charge in [-0.2, -0.15) is 0 Å². The van der Waals surface area contributed by atoms with E-state index in [-0.39, 0.29) is 18.2 Å². The number of carbonyl (C=O) groups excluding carboxylic acids is 2. The molecule has 4 nitrogen and oxygen atoms in total. The Balaban J connectivity index is 2.00. The first kappa shape index (κ1) is 14.9. The van der Waals surface area contributed by atoms with Gasteiger partial charge in [0, 0.05) is 9.86 Å². The number of nitrogens with zero attached hydrogens (tertiary/aromatic N) is 1. The molecule has 1 N–H and O–H groups in total. The fourth-order valence-electron chi connectivity index (χ4n) is 3.01. The third-order valence-electron chi connectivity index (χ3n) is 4.04. The summed E-state index contributed by atoms with van der Waals surface area (Å²) >= 11 is 3.44. The molecule has 0 radical (unpaired) electrons. The van der Waals surface area contributed by atoms with Gasteiger partial charge < -0.3 is 5.32 Å². The van der Waals surface area contributed by atoms with Crippen LogP contribution in [0.3, 0.4) is 0 Å². The fourth-order valence-corrected chi connectivity index (χ4v) is 3.40. The van der Waals surface area contributed by atoms with Crippen molar-refractivity contribution in [2.45, 2.75) is 6.42 Å². The maximum atomic E-state index is 12.7. The summed E-state index contributed by atoms with van der Waals surface area (Å²) in [4.78, 5) is 26.5. The Kier molecular flexibility index (Phi) is 3.58. The molecule has 1 aliphatic heterocycles. The minimum absolute atomic E-state index is 0.185. The van der Waals surface area contributed by atoms with Crippen LogP contribution in [0.1, 0.15) is 6.42 Å². The maximum Gasteiger partial charge on any atom is 0.241 e. The van der Waals surface area contributed by atoms with Crippen molar-refractivity contribution in [3.05, 3.63) is 65.1 Å². The molecule has 0 fully saturated rings. The Morgan fingerprint density at radius 3 is 2.62 bits per heavy atom. The van der Waals surface area contributed by atoms with Crippen molar-refractivity contribution in [1.29, 1.82) is 0 Å². The first-order valence-electron chi connectivity index (χ1n) is 7.53. The van der Waals surface area contributed by atoms with Gasteiger partial charge in [-0.1, -0.05) is 52.3 Å². The number of nitrogens with one attached hydrogen (secondary N) is 1. The topological polar surface area (TPSA) is 49.4 Å². The molecular formula is C19H13BrN2O2. The van der Waals surface area contributed by atoms with Crippen LogP contribution < -0.4 is 10.2 Å². The van der Waals surface area contributed by atoms with Crippen LogP contribution in [0.4, 0.5) is 17.1 Å². The lowest BCUT2D eigenvalue weighted by Gasteiger charge is -2.23. The predicted octanol–water partition coefficient (Wildman–Crippen LogP) is 4.61. The number of hydrogen-bond donors (Lipinski definition) is 1. The highest BCUT2D eigenvalue weighted by Crippen LogP contribution is 2.40. The lowest BCUT2D eigenvalue weighted by atomic mass is 10.1. The van der Waals surface area contributed by atoms with Gasteiger partial charge in [-0.15, -0.1) is 0 Å². The van der Waals surface area contributed by atoms with E-state index in [1.54, 1.807) is 4.90 Å². The Labute approximate surface area is 147 Å². The molecule has 0 spiro atoms. The maximum absolute atomic E-state index is 12.7. The smallest absolute Gasteiger partial charge is 0.241 e. The second-order valence-corrected chi connectivity index (χ2v) is 6.53. The number of rotatable bonds is 1. The van der Waals surface area contributed by atoms with Crippen LogP contribution in [-0.4, -0.2) is 11.8 Å². The molecule has 1 aliphatic rings. The summed E-state index contributed by atoms with van der Waals surface area (Å²) in [5, 5.41) is 4.83. The zero-order chi connectivity index (χ0) is 16.7. The number of halogens is 1. The molecule has 0 bridgehead atoms. The highest BCUT2D eigenvalue weighted by Gasteiger charge is 2.28. The van der Waals surface area contributed by atoms with Crippen molar-refractivity contribution >= 4 is 55.6 Å². The second kappa shape index (κ2) is 5.76. The Hall–Kier alpha value is -2.66. The lowest BCUT2D eigenvalue weighted by Crippen LogP contribution is -2.26. The standard InChI is InChI=1S/C19H13BrN2O2/c20-13-5-3-6-14(10-13)22-16-9-8-12-4-1-2-7-15(12)19(16)21-17(23)11-18(22)24/h1-10H,11H2,(H,21,23). The molecule has 3 aromatic rings. The van der Waals surface area contributed by atoms with Crippen LogP contribution in [0.5, 0.6) is 0 Å². The number of fused-ring (bicyclic) bond motifs is 3. The number of carbonyl (C=O) groups is 2. The van der Waals surface area contributed by atoms with Crippen LogP contribution in [0.15, 0.2) is 65.1 Å². The zero-order valence-electron chi connectivity index (χ0n) is 12.6. The molecule has 3 aromatic carbocycles. The lowest BCUT2D eigenvalue weighted by molar-refractivity contribution is -0.124. The molecule has 24 heavy (non-hydrogen) atoms. The minimum Gasteiger partial charge on any atom is -0.323 e. The highest BCUT2D eigenvalue weighted by atomic mass is 79.9. The summed E-state index contributed by atoms with van der Waals surface area (Å²) in [5.41, 5.74) is 2.08. The van der Waals surface area contributed by atoms with Crippen molar-refractivity contribution in [3.63, 3.8) is 0 Å². The second-order valence-electron chi connectivity index (χ2n) is 5.61. The molecule has 0 saturated heterocycles. The molecule has 118 valence electrons. The SMILES string of the molecule is O=C1CC(=O)N(c2cccc(Br)c2)c2ccc3ccccc3c2N1. The van der Waals surface area contributed by atoms with Crippen LogP contribution in [0, 0.1) is 0 Å². The summed E-state index contributed by atoms with van der Waals surface area (Å²) in [6.45, 7) is 0. The molecular weight excluding hydrogens is 368 g/mol. The molecule has 2 amide bonds. The zero-order valence-corrected chi connectivity index (χ0v) is 14.2. The van der Waals surface area contributed by atoms with E-state index in [2.05, 4.69) is 21.2 Å². The van der Waals surface area contributed by atoms with E-state index < -0.39 is 0 Å². The van der Waals surface area contributed by atoms with E-state index in [1.807, 2.05) is 60.7 Å². The van der Waals surface area contributed by atoms with E-state index in [0.29, 0.717) is 11.4 Å². The first-order valence-corrected chi connectivity index (χ1v) is 8.33. The Bertz CT molecular complexity index is 984. The van der Waals surface area contributed by atoms with Crippen molar-refractivity contribution < 1.29 is 9.59 Å². The monoisotopic (exact) mass is 380 g/mol. The summed E-state index contributed by atoms with van der Waals surface area (Å²) in [5.74, 6) is -0.547.